The Morgan fingerprint density at radius 1 is 0.965 bits per heavy atom. The number of amides is 3. The van der Waals surface area contributed by atoms with Gasteiger partial charge in [0.15, 0.2) is 0 Å². The van der Waals surface area contributed by atoms with Crippen molar-refractivity contribution < 1.29 is 32.3 Å². The standard InChI is InChI=1S/C44H49N5O7S/c1-55-32-19-22-35-38(23-32)46-37(30-15-9-6-10-16-30)25-40(35)56-33-24-39-41(50)47-44(43(52)48-57(53,54)34-20-21-34)26-31(44)17-11-3-2-4-12-18-36(42(51)49(39)28-33)45-27-29-13-7-5-8-14-29/h5-11,13-17,19,22-23,25,31,33-34,36,39,45H,2-4,12,18,20-21,24,26-28H2,1H3,(H,47,50)(H,48,52)/t31-,33-,36+,39+,44-/m1/s1. The first-order chi connectivity index (χ1) is 27.6. The highest BCUT2D eigenvalue weighted by Gasteiger charge is 2.62. The molecule has 298 valence electrons. The number of ether oxygens (including phenoxy) is 2. The van der Waals surface area contributed by atoms with E-state index in [-0.39, 0.29) is 31.2 Å². The van der Waals surface area contributed by atoms with Gasteiger partial charge in [-0.25, -0.2) is 13.4 Å². The molecular weight excluding hydrogens is 743 g/mol. The Morgan fingerprint density at radius 3 is 2.49 bits per heavy atom. The third-order valence-corrected chi connectivity index (χ3v) is 13.4. The molecule has 13 heteroatoms. The first-order valence-electron chi connectivity index (χ1n) is 20.0. The van der Waals surface area contributed by atoms with E-state index in [1.54, 1.807) is 12.0 Å². The van der Waals surface area contributed by atoms with E-state index in [4.69, 9.17) is 14.5 Å². The predicted octanol–water partition coefficient (Wildman–Crippen LogP) is 5.42. The Bertz CT molecular complexity index is 2270. The molecule has 5 atom stereocenters. The van der Waals surface area contributed by atoms with Crippen molar-refractivity contribution in [3.8, 4) is 22.8 Å². The number of allylic oxidation sites excluding steroid dienone is 1. The lowest BCUT2D eigenvalue weighted by molar-refractivity contribution is -0.141. The van der Waals surface area contributed by atoms with E-state index < -0.39 is 50.8 Å². The van der Waals surface area contributed by atoms with E-state index in [0.29, 0.717) is 48.5 Å². The Kier molecular flexibility index (Phi) is 11.0. The number of hydrogen-bond donors (Lipinski definition) is 3. The number of nitrogens with one attached hydrogen (secondary N) is 3. The number of sulfonamides is 1. The van der Waals surface area contributed by atoms with Gasteiger partial charge in [-0.1, -0.05) is 85.7 Å². The molecule has 0 unspecified atom stereocenters. The number of nitrogens with zero attached hydrogens (tertiary/aromatic N) is 2. The van der Waals surface area contributed by atoms with E-state index >= 15 is 0 Å². The Labute approximate surface area is 333 Å². The number of carbonyl (C=O) groups is 3. The predicted molar refractivity (Wildman–Crippen MR) is 217 cm³/mol. The molecule has 3 heterocycles. The number of hydrogen-bond acceptors (Lipinski definition) is 9. The van der Waals surface area contributed by atoms with Crippen LogP contribution in [0.5, 0.6) is 11.5 Å². The van der Waals surface area contributed by atoms with Gasteiger partial charge in [0, 0.05) is 42.0 Å². The molecule has 0 spiro atoms. The van der Waals surface area contributed by atoms with E-state index in [1.807, 2.05) is 97.1 Å². The van der Waals surface area contributed by atoms with Crippen LogP contribution in [0.2, 0.25) is 0 Å². The summed E-state index contributed by atoms with van der Waals surface area (Å²) in [6, 6.07) is 25.5. The molecule has 3 amide bonds. The molecule has 0 radical (unpaired) electrons. The van der Waals surface area contributed by atoms with Gasteiger partial charge < -0.3 is 25.0 Å². The number of benzene rings is 3. The number of methoxy groups -OCH3 is 1. The number of rotatable bonds is 10. The van der Waals surface area contributed by atoms with E-state index in [2.05, 4.69) is 15.4 Å². The van der Waals surface area contributed by atoms with Crippen molar-refractivity contribution in [1.82, 2.24) is 25.2 Å². The summed E-state index contributed by atoms with van der Waals surface area (Å²) in [4.78, 5) is 49.7. The highest BCUT2D eigenvalue weighted by molar-refractivity contribution is 7.91. The molecule has 0 bridgehead atoms. The Balaban J connectivity index is 1.12. The van der Waals surface area contributed by atoms with E-state index in [1.165, 1.54) is 0 Å². The third kappa shape index (κ3) is 8.55. The maximum absolute atomic E-state index is 14.8. The van der Waals surface area contributed by atoms with Crippen molar-refractivity contribution in [1.29, 1.82) is 0 Å². The van der Waals surface area contributed by atoms with Gasteiger partial charge in [-0.2, -0.15) is 0 Å². The van der Waals surface area contributed by atoms with Gasteiger partial charge in [0.1, 0.15) is 29.2 Å². The molecule has 2 saturated carbocycles. The van der Waals surface area contributed by atoms with E-state index in [0.717, 1.165) is 42.2 Å². The van der Waals surface area contributed by atoms with Crippen LogP contribution in [0.15, 0.2) is 97.1 Å². The maximum Gasteiger partial charge on any atom is 0.259 e. The molecule has 4 aliphatic rings. The number of carbonyl (C=O) groups excluding carboxylic acids is 3. The van der Waals surface area contributed by atoms with Crippen LogP contribution in [0, 0.1) is 5.92 Å². The van der Waals surface area contributed by atoms with Gasteiger partial charge in [-0.05, 0) is 56.2 Å². The summed E-state index contributed by atoms with van der Waals surface area (Å²) >= 11 is 0. The highest BCUT2D eigenvalue weighted by atomic mass is 32.2. The SMILES string of the molecule is COc1ccc2c(O[C@@H]3C[C@H]4C(=O)N[C@]5(C(=O)NS(=O)(=O)C6CC6)C[C@H]5C=CCCCCC[C@H](NCc5ccccc5)C(=O)N4C3)cc(-c3ccccc3)nc2c1. The Morgan fingerprint density at radius 2 is 1.74 bits per heavy atom. The van der Waals surface area contributed by atoms with Crippen molar-refractivity contribution in [2.45, 2.75) is 93.3 Å². The summed E-state index contributed by atoms with van der Waals surface area (Å²) in [5.41, 5.74) is 1.85. The van der Waals surface area contributed by atoms with E-state index in [9.17, 15) is 22.8 Å². The average molecular weight is 792 g/mol. The zero-order chi connectivity index (χ0) is 39.6. The second kappa shape index (κ2) is 16.3. The van der Waals surface area contributed by atoms with Crippen LogP contribution in [0.25, 0.3) is 22.2 Å². The van der Waals surface area contributed by atoms with Crippen molar-refractivity contribution in [3.63, 3.8) is 0 Å². The summed E-state index contributed by atoms with van der Waals surface area (Å²) in [5.74, 6) is -0.660. The van der Waals surface area contributed by atoms with Gasteiger partial charge in [0.2, 0.25) is 21.8 Å². The lowest BCUT2D eigenvalue weighted by Gasteiger charge is -2.30. The zero-order valence-corrected chi connectivity index (χ0v) is 32.9. The maximum atomic E-state index is 14.8. The molecule has 3 fully saturated rings. The van der Waals surface area contributed by atoms with Crippen LogP contribution < -0.4 is 24.8 Å². The van der Waals surface area contributed by atoms with Crippen LogP contribution in [-0.4, -0.2) is 78.7 Å². The van der Waals surface area contributed by atoms with Gasteiger partial charge in [0.25, 0.3) is 5.91 Å². The quantitative estimate of drug-likeness (QED) is 0.179. The topological polar surface area (TPSA) is 156 Å². The van der Waals surface area contributed by atoms with Crippen LogP contribution >= 0.6 is 0 Å². The van der Waals surface area contributed by atoms with Crippen LogP contribution in [-0.2, 0) is 31.0 Å². The lowest BCUT2D eigenvalue weighted by atomic mass is 10.0. The van der Waals surface area contributed by atoms with Crippen molar-refractivity contribution in [2.24, 2.45) is 5.92 Å². The number of aromatic nitrogens is 1. The molecule has 4 aromatic rings. The van der Waals surface area contributed by atoms with Crippen LogP contribution in [0.3, 0.4) is 0 Å². The monoisotopic (exact) mass is 791 g/mol. The zero-order valence-electron chi connectivity index (χ0n) is 32.1. The summed E-state index contributed by atoms with van der Waals surface area (Å²) in [7, 11) is -2.26. The molecule has 12 nitrogen and oxygen atoms in total. The molecule has 2 aliphatic heterocycles. The van der Waals surface area contributed by atoms with Gasteiger partial charge in [0.05, 0.1) is 36.2 Å². The van der Waals surface area contributed by atoms with Crippen LogP contribution in [0.4, 0.5) is 0 Å². The smallest absolute Gasteiger partial charge is 0.259 e. The van der Waals surface area contributed by atoms with Gasteiger partial charge in [-0.3, -0.25) is 19.1 Å². The van der Waals surface area contributed by atoms with Crippen molar-refractivity contribution >= 4 is 38.6 Å². The summed E-state index contributed by atoms with van der Waals surface area (Å²) in [6.07, 6.45) is 8.70. The minimum Gasteiger partial charge on any atom is -0.497 e. The third-order valence-electron chi connectivity index (χ3n) is 11.6. The molecule has 3 aromatic carbocycles. The fraction of sp³-hybridized carbons (Fsp3) is 0.409. The van der Waals surface area contributed by atoms with Gasteiger partial charge >= 0.3 is 0 Å². The fourth-order valence-corrected chi connectivity index (χ4v) is 9.44. The summed E-state index contributed by atoms with van der Waals surface area (Å²) in [6.45, 7) is 0.597. The minimum absolute atomic E-state index is 0.125. The van der Waals surface area contributed by atoms with Crippen molar-refractivity contribution in [2.75, 3.05) is 13.7 Å². The molecule has 8 rings (SSSR count). The lowest BCUT2D eigenvalue weighted by Crippen LogP contribution is -2.58. The summed E-state index contributed by atoms with van der Waals surface area (Å²) < 4.78 is 40.4. The first-order valence-corrected chi connectivity index (χ1v) is 21.5. The number of fused-ring (bicyclic) bond motifs is 3. The molecule has 2 aliphatic carbocycles. The van der Waals surface area contributed by atoms with Crippen LogP contribution in [0.1, 0.15) is 63.4 Å². The highest BCUT2D eigenvalue weighted by Crippen LogP contribution is 2.46. The molecular formula is C44H49N5O7S. The molecule has 57 heavy (non-hydrogen) atoms. The fourth-order valence-electron chi connectivity index (χ4n) is 8.08. The second-order valence-electron chi connectivity index (χ2n) is 15.7. The second-order valence-corrected chi connectivity index (χ2v) is 17.6. The normalized spacial score (nSPS) is 25.4. The molecule has 1 saturated heterocycles. The van der Waals surface area contributed by atoms with Gasteiger partial charge in [-0.15, -0.1) is 0 Å². The largest absolute Gasteiger partial charge is 0.497 e. The number of pyridine rings is 1. The Hall–Kier alpha value is -5.27. The first kappa shape index (κ1) is 38.6. The average Bonchev–Trinajstić information content (AvgIpc) is 4.15. The minimum atomic E-state index is -3.86. The van der Waals surface area contributed by atoms with Crippen molar-refractivity contribution in [3.05, 3.63) is 103 Å². The molecule has 1 aromatic heterocycles. The summed E-state index contributed by atoms with van der Waals surface area (Å²) in [5, 5.41) is 6.62. The molecule has 3 N–H and O–H groups in total.